The van der Waals surface area contributed by atoms with Crippen LogP contribution in [0.4, 0.5) is 0 Å². The van der Waals surface area contributed by atoms with Crippen LogP contribution in [0, 0.1) is 0 Å². The van der Waals surface area contributed by atoms with E-state index in [4.69, 9.17) is 9.47 Å². The van der Waals surface area contributed by atoms with Gasteiger partial charge in [-0.2, -0.15) is 0 Å². The Morgan fingerprint density at radius 3 is 2.26 bits per heavy atom. The van der Waals surface area contributed by atoms with Gasteiger partial charge in [-0.15, -0.1) is 0 Å². The number of aryl methyl sites for hydroxylation is 1. The Labute approximate surface area is 317 Å². The number of rotatable bonds is 14. The molecule has 2 fully saturated rings. The molecule has 280 valence electrons. The van der Waals surface area contributed by atoms with Crippen molar-refractivity contribution in [3.05, 3.63) is 130 Å². The van der Waals surface area contributed by atoms with Gasteiger partial charge in [0.05, 0.1) is 6.10 Å². The van der Waals surface area contributed by atoms with E-state index in [2.05, 4.69) is 59.6 Å². The molecule has 54 heavy (non-hydrogen) atoms. The Morgan fingerprint density at radius 2 is 1.56 bits per heavy atom. The highest BCUT2D eigenvalue weighted by atomic mass is 16.5. The van der Waals surface area contributed by atoms with Crippen molar-refractivity contribution in [1.29, 1.82) is 0 Å². The minimum atomic E-state index is -0.591. The SMILES string of the molecule is CC/C(=C(\c1ccc(O)cc1)c1ccc(OCCN2CCC(OCCCc3ccc4c(c3)CN(C3CCC(=O)NC3=O)C4=O)CC2)cc1)c1ccccc1. The van der Waals surface area contributed by atoms with E-state index in [1.54, 1.807) is 17.0 Å². The summed E-state index contributed by atoms with van der Waals surface area (Å²) < 4.78 is 12.5. The minimum absolute atomic E-state index is 0.138. The number of piperidine rings is 2. The van der Waals surface area contributed by atoms with E-state index in [0.29, 0.717) is 31.7 Å². The predicted molar refractivity (Wildman–Crippen MR) is 209 cm³/mol. The smallest absolute Gasteiger partial charge is 0.255 e. The standard InChI is InChI=1S/C45H49N3O6/c1-2-39(32-8-4-3-5-9-32)43(33-11-15-36(49)16-12-33)34-13-17-37(18-14-34)54-28-26-47-24-22-38(23-25-47)53-27-6-7-31-10-19-40-35(29-31)30-48(45(40)52)41-20-21-42(50)46-44(41)51/h3-5,8-19,29,38,41,49H,2,6-7,20-28,30H2,1H3,(H,46,50,51)/b43-39-. The largest absolute Gasteiger partial charge is 0.508 e. The van der Waals surface area contributed by atoms with Crippen molar-refractivity contribution in [2.24, 2.45) is 0 Å². The molecule has 4 aromatic rings. The van der Waals surface area contributed by atoms with Gasteiger partial charge in [0.1, 0.15) is 24.1 Å². The molecule has 3 aliphatic heterocycles. The highest BCUT2D eigenvalue weighted by Gasteiger charge is 2.39. The highest BCUT2D eigenvalue weighted by molar-refractivity contribution is 6.05. The zero-order chi connectivity index (χ0) is 37.4. The number of fused-ring (bicyclic) bond motifs is 1. The Hall–Kier alpha value is -5.25. The number of carbonyl (C=O) groups excluding carboxylic acids is 3. The van der Waals surface area contributed by atoms with E-state index in [1.807, 2.05) is 42.5 Å². The summed E-state index contributed by atoms with van der Waals surface area (Å²) in [5.74, 6) is 0.302. The molecular weight excluding hydrogens is 679 g/mol. The number of hydrogen-bond acceptors (Lipinski definition) is 7. The minimum Gasteiger partial charge on any atom is -0.508 e. The summed E-state index contributed by atoms with van der Waals surface area (Å²) in [5.41, 5.74) is 8.52. The second-order valence-electron chi connectivity index (χ2n) is 14.4. The highest BCUT2D eigenvalue weighted by Crippen LogP contribution is 2.36. The fraction of sp³-hybridized carbons (Fsp3) is 0.356. The Kier molecular flexibility index (Phi) is 11.9. The monoisotopic (exact) mass is 727 g/mol. The molecular formula is C45H49N3O6. The number of carbonyl (C=O) groups is 3. The molecule has 0 radical (unpaired) electrons. The summed E-state index contributed by atoms with van der Waals surface area (Å²) in [6, 6.07) is 31.6. The van der Waals surface area contributed by atoms with E-state index < -0.39 is 6.04 Å². The quantitative estimate of drug-likeness (QED) is 0.0818. The number of phenols is 1. The summed E-state index contributed by atoms with van der Waals surface area (Å²) in [7, 11) is 0. The molecule has 3 heterocycles. The van der Waals surface area contributed by atoms with Crippen molar-refractivity contribution in [1.82, 2.24) is 15.1 Å². The molecule has 3 amide bonds. The van der Waals surface area contributed by atoms with Gasteiger partial charge >= 0.3 is 0 Å². The fourth-order valence-electron chi connectivity index (χ4n) is 7.93. The van der Waals surface area contributed by atoms with Crippen molar-refractivity contribution >= 4 is 28.9 Å². The van der Waals surface area contributed by atoms with Crippen molar-refractivity contribution in [3.8, 4) is 11.5 Å². The number of phenolic OH excluding ortho intramolecular Hbond substituents is 1. The molecule has 0 aromatic heterocycles. The van der Waals surface area contributed by atoms with Crippen LogP contribution in [0.2, 0.25) is 0 Å². The predicted octanol–water partition coefficient (Wildman–Crippen LogP) is 7.01. The maximum absolute atomic E-state index is 13.0. The van der Waals surface area contributed by atoms with Gasteiger partial charge in [-0.25, -0.2) is 0 Å². The Morgan fingerprint density at radius 1 is 0.833 bits per heavy atom. The zero-order valence-electron chi connectivity index (χ0n) is 31.0. The third kappa shape index (κ3) is 8.75. The Bertz CT molecular complexity index is 1970. The van der Waals surface area contributed by atoms with E-state index in [9.17, 15) is 19.5 Å². The Balaban J connectivity index is 0.835. The van der Waals surface area contributed by atoms with Gasteiger partial charge < -0.3 is 19.5 Å². The summed E-state index contributed by atoms with van der Waals surface area (Å²) in [4.78, 5) is 40.9. The summed E-state index contributed by atoms with van der Waals surface area (Å²) in [5, 5.41) is 12.3. The number of ether oxygens (including phenoxy) is 2. The molecule has 2 saturated heterocycles. The van der Waals surface area contributed by atoms with Crippen LogP contribution in [-0.4, -0.2) is 77.6 Å². The van der Waals surface area contributed by atoms with Gasteiger partial charge in [0.25, 0.3) is 5.91 Å². The van der Waals surface area contributed by atoms with E-state index >= 15 is 0 Å². The first kappa shape index (κ1) is 37.1. The number of imide groups is 1. The average molecular weight is 728 g/mol. The second kappa shape index (κ2) is 17.3. The van der Waals surface area contributed by atoms with Crippen LogP contribution in [0.3, 0.4) is 0 Å². The van der Waals surface area contributed by atoms with Crippen molar-refractivity contribution < 1.29 is 29.0 Å². The summed E-state index contributed by atoms with van der Waals surface area (Å²) >= 11 is 0. The van der Waals surface area contributed by atoms with Gasteiger partial charge in [0.15, 0.2) is 0 Å². The summed E-state index contributed by atoms with van der Waals surface area (Å²) in [6.07, 6.45) is 5.51. The van der Waals surface area contributed by atoms with Crippen molar-refractivity contribution in [2.75, 3.05) is 32.8 Å². The lowest BCUT2D eigenvalue weighted by Crippen LogP contribution is -2.52. The zero-order valence-corrected chi connectivity index (χ0v) is 31.0. The second-order valence-corrected chi connectivity index (χ2v) is 14.4. The first-order chi connectivity index (χ1) is 26.4. The van der Waals surface area contributed by atoms with Crippen LogP contribution in [0.1, 0.15) is 83.6 Å². The number of allylic oxidation sites excluding steroid dienone is 1. The van der Waals surface area contributed by atoms with Crippen molar-refractivity contribution in [2.45, 2.75) is 70.6 Å². The molecule has 2 N–H and O–H groups in total. The van der Waals surface area contributed by atoms with Gasteiger partial charge in [0, 0.05) is 44.8 Å². The van der Waals surface area contributed by atoms with E-state index in [0.717, 1.165) is 85.3 Å². The molecule has 0 bridgehead atoms. The molecule has 1 atom stereocenters. The van der Waals surface area contributed by atoms with Crippen LogP contribution in [0.15, 0.2) is 97.1 Å². The average Bonchev–Trinajstić information content (AvgIpc) is 3.52. The van der Waals surface area contributed by atoms with Crippen LogP contribution in [0.5, 0.6) is 11.5 Å². The molecule has 0 aliphatic carbocycles. The molecule has 9 heteroatoms. The molecule has 3 aliphatic rings. The van der Waals surface area contributed by atoms with Gasteiger partial charge in [-0.3, -0.25) is 24.6 Å². The number of likely N-dealkylation sites (tertiary alicyclic amines) is 1. The molecule has 0 saturated carbocycles. The summed E-state index contributed by atoms with van der Waals surface area (Å²) in [6.45, 7) is 6.72. The topological polar surface area (TPSA) is 108 Å². The maximum Gasteiger partial charge on any atom is 0.255 e. The molecule has 4 aromatic carbocycles. The molecule has 7 rings (SSSR count). The van der Waals surface area contributed by atoms with Gasteiger partial charge in [0.2, 0.25) is 11.8 Å². The van der Waals surface area contributed by atoms with Crippen LogP contribution >= 0.6 is 0 Å². The normalized spacial score (nSPS) is 18.4. The number of benzene rings is 4. The van der Waals surface area contributed by atoms with E-state index in [-0.39, 0.29) is 36.0 Å². The first-order valence-corrected chi connectivity index (χ1v) is 19.3. The molecule has 9 nitrogen and oxygen atoms in total. The van der Waals surface area contributed by atoms with Crippen LogP contribution < -0.4 is 10.1 Å². The third-order valence-corrected chi connectivity index (χ3v) is 10.8. The van der Waals surface area contributed by atoms with E-state index in [1.165, 1.54) is 11.1 Å². The fourth-order valence-corrected chi connectivity index (χ4v) is 7.93. The van der Waals surface area contributed by atoms with Crippen molar-refractivity contribution in [3.63, 3.8) is 0 Å². The molecule has 0 spiro atoms. The lowest BCUT2D eigenvalue weighted by molar-refractivity contribution is -0.136. The lowest BCUT2D eigenvalue weighted by atomic mass is 9.88. The number of amides is 3. The first-order valence-electron chi connectivity index (χ1n) is 19.3. The van der Waals surface area contributed by atoms with Gasteiger partial charge in [-0.05, 0) is 108 Å². The maximum atomic E-state index is 13.0. The number of hydrogen-bond donors (Lipinski definition) is 2. The van der Waals surface area contributed by atoms with Crippen LogP contribution in [-0.2, 0) is 27.3 Å². The lowest BCUT2D eigenvalue weighted by Gasteiger charge is -2.31. The number of nitrogens with zero attached hydrogens (tertiary/aromatic N) is 2. The third-order valence-electron chi connectivity index (χ3n) is 10.8. The molecule has 1 unspecified atom stereocenters. The van der Waals surface area contributed by atoms with Crippen LogP contribution in [0.25, 0.3) is 11.1 Å². The van der Waals surface area contributed by atoms with Gasteiger partial charge in [-0.1, -0.05) is 73.7 Å². The number of aromatic hydroxyl groups is 1. The number of nitrogens with one attached hydrogen (secondary N) is 1.